The molecule has 0 radical (unpaired) electrons. The molecule has 0 aliphatic carbocycles. The number of nitrogens with one attached hydrogen (secondary N) is 1. The van der Waals surface area contributed by atoms with Crippen molar-refractivity contribution in [1.29, 1.82) is 0 Å². The number of rotatable bonds is 4. The molecule has 0 spiro atoms. The number of furan rings is 1. The van der Waals surface area contributed by atoms with Gasteiger partial charge in [-0.05, 0) is 18.6 Å². The summed E-state index contributed by atoms with van der Waals surface area (Å²) in [5.41, 5.74) is 1.84. The predicted molar refractivity (Wildman–Crippen MR) is 77.6 cm³/mol. The van der Waals surface area contributed by atoms with Crippen LogP contribution in [0, 0.1) is 0 Å². The molecule has 2 nitrogen and oxygen atoms in total. The lowest BCUT2D eigenvalue weighted by Crippen LogP contribution is -2.22. The van der Waals surface area contributed by atoms with Gasteiger partial charge in [0.25, 0.3) is 0 Å². The Kier molecular flexibility index (Phi) is 4.21. The molecule has 0 unspecified atom stereocenters. The monoisotopic (exact) mass is 285 g/mol. The average Bonchev–Trinajstić information content (AvgIpc) is 2.71. The fraction of sp³-hybridized carbons (Fsp3) is 0.429. The van der Waals surface area contributed by atoms with Gasteiger partial charge < -0.3 is 9.73 Å². The van der Waals surface area contributed by atoms with Crippen LogP contribution in [0.4, 0.5) is 0 Å². The van der Waals surface area contributed by atoms with Crippen LogP contribution in [0.25, 0.3) is 11.0 Å². The molecule has 0 bridgehead atoms. The molecule has 18 heavy (non-hydrogen) atoms. The molecule has 0 aliphatic heterocycles. The quantitative estimate of drug-likeness (QED) is 0.873. The van der Waals surface area contributed by atoms with Crippen molar-refractivity contribution >= 4 is 34.2 Å². The summed E-state index contributed by atoms with van der Waals surface area (Å²) in [6, 6.07) is 4.00. The van der Waals surface area contributed by atoms with Gasteiger partial charge in [0.1, 0.15) is 5.76 Å². The number of halogens is 2. The Morgan fingerprint density at radius 3 is 2.50 bits per heavy atom. The van der Waals surface area contributed by atoms with Gasteiger partial charge in [-0.3, -0.25) is 0 Å². The van der Waals surface area contributed by atoms with Crippen LogP contribution in [0.1, 0.15) is 32.1 Å². The Morgan fingerprint density at radius 2 is 1.89 bits per heavy atom. The standard InChI is InChI=1S/C14H17Cl2NO/c1-4-9-12(7-17-8(2)3)18-14-11(16)6-5-10(15)13(9)14/h5-6,8,17H,4,7H2,1-3H3. The van der Waals surface area contributed by atoms with E-state index >= 15 is 0 Å². The first kappa shape index (κ1) is 13.7. The summed E-state index contributed by atoms with van der Waals surface area (Å²) >= 11 is 12.4. The first-order valence-electron chi connectivity index (χ1n) is 6.16. The summed E-state index contributed by atoms with van der Waals surface area (Å²) in [5, 5.41) is 5.62. The van der Waals surface area contributed by atoms with Gasteiger partial charge in [0.15, 0.2) is 5.58 Å². The maximum absolute atomic E-state index is 6.25. The van der Waals surface area contributed by atoms with Crippen molar-refractivity contribution in [3.05, 3.63) is 33.5 Å². The molecule has 4 heteroatoms. The lowest BCUT2D eigenvalue weighted by molar-refractivity contribution is 0.484. The molecule has 1 heterocycles. The van der Waals surface area contributed by atoms with Crippen molar-refractivity contribution in [2.24, 2.45) is 0 Å². The smallest absolute Gasteiger partial charge is 0.154 e. The van der Waals surface area contributed by atoms with Crippen molar-refractivity contribution < 1.29 is 4.42 Å². The second kappa shape index (κ2) is 5.52. The molecule has 0 fully saturated rings. The topological polar surface area (TPSA) is 25.2 Å². The van der Waals surface area contributed by atoms with Crippen molar-refractivity contribution in [2.75, 3.05) is 0 Å². The van der Waals surface area contributed by atoms with Gasteiger partial charge in [-0.25, -0.2) is 0 Å². The molecule has 2 aromatic rings. The molecule has 1 N–H and O–H groups in total. The number of hydrogen-bond donors (Lipinski definition) is 1. The zero-order valence-electron chi connectivity index (χ0n) is 10.8. The molecule has 2 rings (SSSR count). The number of aryl methyl sites for hydroxylation is 1. The maximum atomic E-state index is 6.25. The van der Waals surface area contributed by atoms with E-state index < -0.39 is 0 Å². The van der Waals surface area contributed by atoms with Gasteiger partial charge in [0.05, 0.1) is 16.6 Å². The third kappa shape index (κ3) is 2.51. The van der Waals surface area contributed by atoms with E-state index in [2.05, 4.69) is 26.1 Å². The van der Waals surface area contributed by atoms with Gasteiger partial charge in [-0.1, -0.05) is 44.0 Å². The second-order valence-electron chi connectivity index (χ2n) is 4.63. The van der Waals surface area contributed by atoms with Gasteiger partial charge in [0, 0.05) is 17.0 Å². The summed E-state index contributed by atoms with van der Waals surface area (Å²) < 4.78 is 5.87. The van der Waals surface area contributed by atoms with Gasteiger partial charge in [-0.15, -0.1) is 0 Å². The summed E-state index contributed by atoms with van der Waals surface area (Å²) in [6.45, 7) is 7.00. The maximum Gasteiger partial charge on any atom is 0.154 e. The molecule has 98 valence electrons. The summed E-state index contributed by atoms with van der Waals surface area (Å²) in [7, 11) is 0. The Hall–Kier alpha value is -0.700. The normalized spacial score (nSPS) is 11.7. The van der Waals surface area contributed by atoms with E-state index in [0.29, 0.717) is 28.2 Å². The Bertz CT molecular complexity index is 560. The van der Waals surface area contributed by atoms with Crippen LogP contribution in [0.5, 0.6) is 0 Å². The van der Waals surface area contributed by atoms with Crippen molar-refractivity contribution in [1.82, 2.24) is 5.32 Å². The Balaban J connectivity index is 2.54. The van der Waals surface area contributed by atoms with E-state index in [-0.39, 0.29) is 0 Å². The SMILES string of the molecule is CCc1c(CNC(C)C)oc2c(Cl)ccc(Cl)c12. The molecular weight excluding hydrogens is 269 g/mol. The van der Waals surface area contributed by atoms with Crippen LogP contribution in [-0.2, 0) is 13.0 Å². The number of fused-ring (bicyclic) bond motifs is 1. The molecule has 0 aliphatic rings. The predicted octanol–water partition coefficient (Wildman–Crippen LogP) is 4.80. The van der Waals surface area contributed by atoms with Crippen molar-refractivity contribution in [3.8, 4) is 0 Å². The highest BCUT2D eigenvalue weighted by Crippen LogP contribution is 2.36. The zero-order chi connectivity index (χ0) is 13.3. The van der Waals surface area contributed by atoms with E-state index in [0.717, 1.165) is 23.1 Å². The highest BCUT2D eigenvalue weighted by atomic mass is 35.5. The van der Waals surface area contributed by atoms with Crippen LogP contribution < -0.4 is 5.32 Å². The van der Waals surface area contributed by atoms with Crippen molar-refractivity contribution in [2.45, 2.75) is 39.8 Å². The minimum absolute atomic E-state index is 0.411. The zero-order valence-corrected chi connectivity index (χ0v) is 12.3. The van der Waals surface area contributed by atoms with Gasteiger partial charge >= 0.3 is 0 Å². The third-order valence-corrected chi connectivity index (χ3v) is 3.56. The van der Waals surface area contributed by atoms with E-state index in [4.69, 9.17) is 27.6 Å². The van der Waals surface area contributed by atoms with E-state index in [1.54, 1.807) is 6.07 Å². The fourth-order valence-corrected chi connectivity index (χ4v) is 2.51. The van der Waals surface area contributed by atoms with Gasteiger partial charge in [0.2, 0.25) is 0 Å². The largest absolute Gasteiger partial charge is 0.458 e. The van der Waals surface area contributed by atoms with Gasteiger partial charge in [-0.2, -0.15) is 0 Å². The average molecular weight is 286 g/mol. The van der Waals surface area contributed by atoms with E-state index in [9.17, 15) is 0 Å². The molecule has 0 saturated heterocycles. The summed E-state index contributed by atoms with van der Waals surface area (Å²) in [5.74, 6) is 0.927. The molecule has 1 aromatic carbocycles. The third-order valence-electron chi connectivity index (χ3n) is 2.95. The highest BCUT2D eigenvalue weighted by molar-refractivity contribution is 6.40. The summed E-state index contributed by atoms with van der Waals surface area (Å²) in [4.78, 5) is 0. The first-order chi connectivity index (χ1) is 8.54. The van der Waals surface area contributed by atoms with Crippen LogP contribution >= 0.6 is 23.2 Å². The lowest BCUT2D eigenvalue weighted by atomic mass is 10.1. The lowest BCUT2D eigenvalue weighted by Gasteiger charge is -2.06. The first-order valence-corrected chi connectivity index (χ1v) is 6.91. The second-order valence-corrected chi connectivity index (χ2v) is 5.44. The molecule has 1 aromatic heterocycles. The van der Waals surface area contributed by atoms with E-state index in [1.165, 1.54) is 0 Å². The van der Waals surface area contributed by atoms with Crippen molar-refractivity contribution in [3.63, 3.8) is 0 Å². The molecule has 0 atom stereocenters. The van der Waals surface area contributed by atoms with E-state index in [1.807, 2.05) is 6.07 Å². The minimum Gasteiger partial charge on any atom is -0.458 e. The van der Waals surface area contributed by atoms with Crippen LogP contribution in [0.2, 0.25) is 10.0 Å². The Labute approximate surface area is 117 Å². The number of benzene rings is 1. The molecule has 0 amide bonds. The summed E-state index contributed by atoms with van der Waals surface area (Å²) in [6.07, 6.45) is 0.877. The fourth-order valence-electron chi connectivity index (χ4n) is 2.05. The number of hydrogen-bond acceptors (Lipinski definition) is 2. The van der Waals surface area contributed by atoms with Crippen LogP contribution in [0.3, 0.4) is 0 Å². The van der Waals surface area contributed by atoms with Crippen LogP contribution in [-0.4, -0.2) is 6.04 Å². The molecule has 0 saturated carbocycles. The molecular formula is C14H17Cl2NO. The minimum atomic E-state index is 0.411. The Morgan fingerprint density at radius 1 is 1.22 bits per heavy atom. The van der Waals surface area contributed by atoms with Crippen LogP contribution in [0.15, 0.2) is 16.5 Å². The highest BCUT2D eigenvalue weighted by Gasteiger charge is 2.17.